The van der Waals surface area contributed by atoms with E-state index in [1.54, 1.807) is 0 Å². The number of hydrogen-bond acceptors (Lipinski definition) is 1. The third-order valence-electron chi connectivity index (χ3n) is 3.32. The molecule has 1 aromatic carbocycles. The molecule has 0 bridgehead atoms. The summed E-state index contributed by atoms with van der Waals surface area (Å²) >= 11 is 5.80. The monoisotopic (exact) mass is 237 g/mol. The van der Waals surface area contributed by atoms with Crippen LogP contribution in [-0.2, 0) is 5.88 Å². The van der Waals surface area contributed by atoms with Crippen molar-refractivity contribution in [1.82, 2.24) is 0 Å². The predicted octanol–water partition coefficient (Wildman–Crippen LogP) is 3.91. The molecule has 0 aliphatic carbocycles. The normalized spacial score (nSPS) is 25.8. The standard InChI is InChI=1S/C14H20ClN/c1-11-7-12(2)10-16(9-11)14-5-3-13(8-15)4-6-14/h3-6,11-12H,7-10H2,1-2H3. The molecule has 16 heavy (non-hydrogen) atoms. The van der Waals surface area contributed by atoms with Crippen molar-refractivity contribution in [2.45, 2.75) is 26.1 Å². The van der Waals surface area contributed by atoms with E-state index in [2.05, 4.69) is 43.0 Å². The second kappa shape index (κ2) is 5.09. The molecule has 1 fully saturated rings. The lowest BCUT2D eigenvalue weighted by atomic mass is 9.91. The molecule has 0 saturated carbocycles. The fraction of sp³-hybridized carbons (Fsp3) is 0.571. The van der Waals surface area contributed by atoms with Gasteiger partial charge in [-0.25, -0.2) is 0 Å². The Hall–Kier alpha value is -0.690. The maximum absolute atomic E-state index is 5.80. The van der Waals surface area contributed by atoms with Gasteiger partial charge in [0.25, 0.3) is 0 Å². The van der Waals surface area contributed by atoms with Crippen molar-refractivity contribution >= 4 is 17.3 Å². The predicted molar refractivity (Wildman–Crippen MR) is 71.2 cm³/mol. The average molecular weight is 238 g/mol. The lowest BCUT2D eigenvalue weighted by Gasteiger charge is -2.36. The topological polar surface area (TPSA) is 3.24 Å². The molecule has 1 aliphatic heterocycles. The van der Waals surface area contributed by atoms with Crippen molar-refractivity contribution in [3.63, 3.8) is 0 Å². The van der Waals surface area contributed by atoms with Crippen LogP contribution in [0.3, 0.4) is 0 Å². The first kappa shape index (κ1) is 11.8. The first-order chi connectivity index (χ1) is 7.69. The Bertz CT molecular complexity index is 323. The van der Waals surface area contributed by atoms with Gasteiger partial charge in [-0.1, -0.05) is 26.0 Å². The van der Waals surface area contributed by atoms with Gasteiger partial charge in [-0.05, 0) is 36.0 Å². The lowest BCUT2D eigenvalue weighted by Crippen LogP contribution is -2.38. The summed E-state index contributed by atoms with van der Waals surface area (Å²) < 4.78 is 0. The molecule has 0 amide bonds. The number of alkyl halides is 1. The van der Waals surface area contributed by atoms with Crippen molar-refractivity contribution < 1.29 is 0 Å². The van der Waals surface area contributed by atoms with Gasteiger partial charge in [0.05, 0.1) is 0 Å². The van der Waals surface area contributed by atoms with Crippen LogP contribution in [-0.4, -0.2) is 13.1 Å². The Labute approximate surface area is 103 Å². The number of benzene rings is 1. The Balaban J connectivity index is 2.10. The molecular formula is C14H20ClN. The molecule has 2 heteroatoms. The maximum Gasteiger partial charge on any atom is 0.0474 e. The van der Waals surface area contributed by atoms with E-state index in [4.69, 9.17) is 11.6 Å². The van der Waals surface area contributed by atoms with E-state index in [9.17, 15) is 0 Å². The fourth-order valence-electron chi connectivity index (χ4n) is 2.67. The van der Waals surface area contributed by atoms with Crippen molar-refractivity contribution in [2.75, 3.05) is 18.0 Å². The maximum atomic E-state index is 5.80. The highest BCUT2D eigenvalue weighted by molar-refractivity contribution is 6.17. The SMILES string of the molecule is CC1CC(C)CN(c2ccc(CCl)cc2)C1. The smallest absolute Gasteiger partial charge is 0.0474 e. The van der Waals surface area contributed by atoms with Gasteiger partial charge in [0.15, 0.2) is 0 Å². The van der Waals surface area contributed by atoms with Crippen LogP contribution in [0.4, 0.5) is 5.69 Å². The second-order valence-corrected chi connectivity index (χ2v) is 5.42. The Morgan fingerprint density at radius 1 is 1.12 bits per heavy atom. The van der Waals surface area contributed by atoms with Crippen LogP contribution in [0.25, 0.3) is 0 Å². The molecule has 0 N–H and O–H groups in total. The number of piperidine rings is 1. The van der Waals surface area contributed by atoms with Gasteiger partial charge >= 0.3 is 0 Å². The Kier molecular flexibility index (Phi) is 3.75. The molecule has 0 aromatic heterocycles. The van der Waals surface area contributed by atoms with Crippen LogP contribution in [0.15, 0.2) is 24.3 Å². The molecule has 2 unspecified atom stereocenters. The van der Waals surface area contributed by atoms with E-state index in [0.29, 0.717) is 5.88 Å². The molecule has 0 radical (unpaired) electrons. The van der Waals surface area contributed by atoms with Gasteiger partial charge in [-0.3, -0.25) is 0 Å². The first-order valence-electron chi connectivity index (χ1n) is 6.09. The van der Waals surface area contributed by atoms with Gasteiger partial charge in [-0.15, -0.1) is 11.6 Å². The highest BCUT2D eigenvalue weighted by atomic mass is 35.5. The lowest BCUT2D eigenvalue weighted by molar-refractivity contribution is 0.357. The van der Waals surface area contributed by atoms with Crippen LogP contribution < -0.4 is 4.90 Å². The summed E-state index contributed by atoms with van der Waals surface area (Å²) in [5, 5.41) is 0. The molecule has 1 nitrogen and oxygen atoms in total. The van der Waals surface area contributed by atoms with Crippen molar-refractivity contribution in [1.29, 1.82) is 0 Å². The summed E-state index contributed by atoms with van der Waals surface area (Å²) in [6.45, 7) is 7.06. The van der Waals surface area contributed by atoms with Gasteiger partial charge < -0.3 is 4.90 Å². The molecule has 2 rings (SSSR count). The minimum atomic E-state index is 0.604. The van der Waals surface area contributed by atoms with Crippen LogP contribution in [0.1, 0.15) is 25.8 Å². The van der Waals surface area contributed by atoms with Crippen LogP contribution >= 0.6 is 11.6 Å². The van der Waals surface area contributed by atoms with E-state index < -0.39 is 0 Å². The number of hydrogen-bond donors (Lipinski definition) is 0. The summed E-state index contributed by atoms with van der Waals surface area (Å²) in [6, 6.07) is 8.66. The number of anilines is 1. The Morgan fingerprint density at radius 2 is 1.69 bits per heavy atom. The van der Waals surface area contributed by atoms with E-state index in [1.165, 1.54) is 30.8 Å². The summed E-state index contributed by atoms with van der Waals surface area (Å²) in [6.07, 6.45) is 1.36. The summed E-state index contributed by atoms with van der Waals surface area (Å²) in [5.41, 5.74) is 2.54. The number of rotatable bonds is 2. The molecule has 1 aromatic rings. The first-order valence-corrected chi connectivity index (χ1v) is 6.62. The quantitative estimate of drug-likeness (QED) is 0.705. The number of nitrogens with zero attached hydrogens (tertiary/aromatic N) is 1. The fourth-order valence-corrected chi connectivity index (χ4v) is 2.85. The summed E-state index contributed by atoms with van der Waals surface area (Å²) in [5.74, 6) is 2.21. The largest absolute Gasteiger partial charge is 0.371 e. The van der Waals surface area contributed by atoms with Gasteiger partial charge in [-0.2, -0.15) is 0 Å². The summed E-state index contributed by atoms with van der Waals surface area (Å²) in [7, 11) is 0. The molecule has 1 heterocycles. The molecule has 1 saturated heterocycles. The van der Waals surface area contributed by atoms with Gasteiger partial charge in [0.2, 0.25) is 0 Å². The van der Waals surface area contributed by atoms with E-state index >= 15 is 0 Å². The third-order valence-corrected chi connectivity index (χ3v) is 3.63. The van der Waals surface area contributed by atoms with Crippen LogP contribution in [0.5, 0.6) is 0 Å². The highest BCUT2D eigenvalue weighted by Gasteiger charge is 2.21. The highest BCUT2D eigenvalue weighted by Crippen LogP contribution is 2.26. The van der Waals surface area contributed by atoms with Crippen molar-refractivity contribution in [2.24, 2.45) is 11.8 Å². The minimum Gasteiger partial charge on any atom is -0.371 e. The zero-order valence-corrected chi connectivity index (χ0v) is 10.9. The van der Waals surface area contributed by atoms with Gasteiger partial charge in [0, 0.05) is 24.7 Å². The number of halogens is 1. The zero-order valence-electron chi connectivity index (χ0n) is 10.1. The second-order valence-electron chi connectivity index (χ2n) is 5.15. The minimum absolute atomic E-state index is 0.604. The summed E-state index contributed by atoms with van der Waals surface area (Å²) in [4.78, 5) is 2.50. The van der Waals surface area contributed by atoms with Crippen molar-refractivity contribution in [3.05, 3.63) is 29.8 Å². The van der Waals surface area contributed by atoms with Crippen LogP contribution in [0.2, 0.25) is 0 Å². The molecule has 1 aliphatic rings. The van der Waals surface area contributed by atoms with Gasteiger partial charge in [0.1, 0.15) is 0 Å². The zero-order chi connectivity index (χ0) is 11.5. The van der Waals surface area contributed by atoms with Crippen LogP contribution in [0, 0.1) is 11.8 Å². The Morgan fingerprint density at radius 3 is 2.19 bits per heavy atom. The van der Waals surface area contributed by atoms with E-state index in [0.717, 1.165) is 11.8 Å². The third kappa shape index (κ3) is 2.70. The molecule has 88 valence electrons. The molecule has 0 spiro atoms. The van der Waals surface area contributed by atoms with E-state index in [1.807, 2.05) is 0 Å². The molecular weight excluding hydrogens is 218 g/mol. The molecule has 2 atom stereocenters. The van der Waals surface area contributed by atoms with E-state index in [-0.39, 0.29) is 0 Å². The average Bonchev–Trinajstić information content (AvgIpc) is 2.28. The van der Waals surface area contributed by atoms with Crippen molar-refractivity contribution in [3.8, 4) is 0 Å².